The largest absolute Gasteiger partial charge is 0.481 e. The molecule has 1 N–H and O–H groups in total. The summed E-state index contributed by atoms with van der Waals surface area (Å²) in [6.45, 7) is 1.15. The van der Waals surface area contributed by atoms with Gasteiger partial charge in [0.05, 0.1) is 5.92 Å². The second-order valence-electron chi connectivity index (χ2n) is 4.64. The SMILES string of the molecule is CCl.O=C(O)C1CCN(C(=O)OCc2ccccc2)CC1. The fraction of sp³-hybridized carbons (Fsp3) is 0.467. The molecule has 1 heterocycles. The fourth-order valence-corrected chi connectivity index (χ4v) is 2.12. The van der Waals surface area contributed by atoms with E-state index in [2.05, 4.69) is 11.6 Å². The topological polar surface area (TPSA) is 66.8 Å². The zero-order valence-electron chi connectivity index (χ0n) is 12.0. The highest BCUT2D eigenvalue weighted by atomic mass is 35.5. The van der Waals surface area contributed by atoms with Gasteiger partial charge in [-0.15, -0.1) is 11.6 Å². The summed E-state index contributed by atoms with van der Waals surface area (Å²) in [6, 6.07) is 9.47. The number of rotatable bonds is 3. The molecule has 116 valence electrons. The van der Waals surface area contributed by atoms with Crippen molar-refractivity contribution in [1.82, 2.24) is 4.90 Å². The highest BCUT2D eigenvalue weighted by Gasteiger charge is 2.27. The lowest BCUT2D eigenvalue weighted by molar-refractivity contribution is -0.143. The van der Waals surface area contributed by atoms with E-state index in [0.29, 0.717) is 25.9 Å². The van der Waals surface area contributed by atoms with Crippen LogP contribution in [0, 0.1) is 5.92 Å². The number of benzene rings is 1. The Labute approximate surface area is 129 Å². The predicted octanol–water partition coefficient (Wildman–Crippen LogP) is 2.97. The van der Waals surface area contributed by atoms with Crippen LogP contribution in [0.5, 0.6) is 0 Å². The maximum absolute atomic E-state index is 11.8. The van der Waals surface area contributed by atoms with E-state index >= 15 is 0 Å². The molecule has 1 aromatic carbocycles. The van der Waals surface area contributed by atoms with Gasteiger partial charge >= 0.3 is 12.1 Å². The van der Waals surface area contributed by atoms with Gasteiger partial charge in [-0.25, -0.2) is 4.79 Å². The molecule has 6 heteroatoms. The van der Waals surface area contributed by atoms with Crippen molar-refractivity contribution in [1.29, 1.82) is 0 Å². The number of carboxylic acid groups (broad SMARTS) is 1. The van der Waals surface area contributed by atoms with Gasteiger partial charge < -0.3 is 14.7 Å². The van der Waals surface area contributed by atoms with Gasteiger partial charge in [-0.2, -0.15) is 0 Å². The molecule has 21 heavy (non-hydrogen) atoms. The van der Waals surface area contributed by atoms with E-state index in [1.165, 1.54) is 6.38 Å². The summed E-state index contributed by atoms with van der Waals surface area (Å²) in [6.07, 6.45) is 2.10. The quantitative estimate of drug-likeness (QED) is 0.871. The molecule has 2 rings (SSSR count). The van der Waals surface area contributed by atoms with E-state index in [0.717, 1.165) is 5.56 Å². The van der Waals surface area contributed by atoms with Crippen LogP contribution in [0.25, 0.3) is 0 Å². The van der Waals surface area contributed by atoms with Crippen molar-refractivity contribution in [3.8, 4) is 0 Å². The monoisotopic (exact) mass is 313 g/mol. The van der Waals surface area contributed by atoms with E-state index in [4.69, 9.17) is 9.84 Å². The second kappa shape index (κ2) is 9.23. The van der Waals surface area contributed by atoms with Gasteiger partial charge in [0.15, 0.2) is 0 Å². The summed E-state index contributed by atoms with van der Waals surface area (Å²) < 4.78 is 5.20. The van der Waals surface area contributed by atoms with Gasteiger partial charge in [0, 0.05) is 19.5 Å². The lowest BCUT2D eigenvalue weighted by Crippen LogP contribution is -2.40. The number of likely N-dealkylation sites (tertiary alicyclic amines) is 1. The Morgan fingerprint density at radius 1 is 1.24 bits per heavy atom. The number of nitrogens with zero attached hydrogens (tertiary/aromatic N) is 1. The van der Waals surface area contributed by atoms with Crippen LogP contribution < -0.4 is 0 Å². The van der Waals surface area contributed by atoms with Crippen molar-refractivity contribution in [2.45, 2.75) is 19.4 Å². The average Bonchev–Trinajstić information content (AvgIpc) is 2.55. The number of carboxylic acids is 1. The van der Waals surface area contributed by atoms with E-state index in [1.54, 1.807) is 4.90 Å². The van der Waals surface area contributed by atoms with Crippen molar-refractivity contribution < 1.29 is 19.4 Å². The Kier molecular flexibility index (Phi) is 7.61. The van der Waals surface area contributed by atoms with E-state index in [9.17, 15) is 9.59 Å². The first-order valence-corrected chi connectivity index (χ1v) is 7.48. The predicted molar refractivity (Wildman–Crippen MR) is 80.3 cm³/mol. The van der Waals surface area contributed by atoms with Gasteiger partial charge in [0.1, 0.15) is 6.61 Å². The average molecular weight is 314 g/mol. The standard InChI is InChI=1S/C14H17NO4.CH3Cl/c16-13(17)12-6-8-15(9-7-12)14(18)19-10-11-4-2-1-3-5-11;1-2/h1-5,12H,6-10H2,(H,16,17);1H3. The number of halogens is 1. The molecule has 0 saturated carbocycles. The molecule has 1 fully saturated rings. The van der Waals surface area contributed by atoms with Gasteiger partial charge in [-0.3, -0.25) is 4.79 Å². The third kappa shape index (κ3) is 5.63. The minimum absolute atomic E-state index is 0.249. The van der Waals surface area contributed by atoms with Crippen molar-refractivity contribution in [2.75, 3.05) is 19.5 Å². The zero-order chi connectivity index (χ0) is 15.7. The molecule has 1 aliphatic rings. The molecule has 0 aliphatic carbocycles. The number of piperidine rings is 1. The summed E-state index contributed by atoms with van der Waals surface area (Å²) in [4.78, 5) is 24.2. The molecule has 1 aliphatic heterocycles. The van der Waals surface area contributed by atoms with Crippen LogP contribution in [0.15, 0.2) is 30.3 Å². The molecular formula is C15H20ClNO4. The Morgan fingerprint density at radius 3 is 2.33 bits per heavy atom. The number of alkyl halides is 1. The first-order chi connectivity index (χ1) is 10.2. The maximum Gasteiger partial charge on any atom is 0.410 e. The Bertz CT molecular complexity index is 444. The van der Waals surface area contributed by atoms with Crippen LogP contribution >= 0.6 is 11.6 Å². The second-order valence-corrected chi connectivity index (χ2v) is 4.64. The number of carbonyl (C=O) groups is 2. The van der Waals surface area contributed by atoms with Crippen molar-refractivity contribution >= 4 is 23.7 Å². The first kappa shape index (κ1) is 17.3. The Morgan fingerprint density at radius 2 is 1.81 bits per heavy atom. The van der Waals surface area contributed by atoms with Gasteiger partial charge in [-0.05, 0) is 18.4 Å². The molecule has 0 unspecified atom stereocenters. The molecule has 0 radical (unpaired) electrons. The maximum atomic E-state index is 11.8. The van der Waals surface area contributed by atoms with Crippen LogP contribution in [0.3, 0.4) is 0 Å². The minimum atomic E-state index is -0.780. The van der Waals surface area contributed by atoms with E-state index in [1.807, 2.05) is 30.3 Å². The molecule has 0 bridgehead atoms. The van der Waals surface area contributed by atoms with Crippen LogP contribution in [-0.4, -0.2) is 41.5 Å². The Balaban J connectivity index is 0.00000106. The number of hydrogen-bond acceptors (Lipinski definition) is 3. The summed E-state index contributed by atoms with van der Waals surface area (Å²) in [5.41, 5.74) is 0.941. The summed E-state index contributed by atoms with van der Waals surface area (Å²) in [7, 11) is 0. The molecular weight excluding hydrogens is 294 g/mol. The summed E-state index contributed by atoms with van der Waals surface area (Å²) >= 11 is 4.64. The normalized spacial score (nSPS) is 14.9. The molecule has 0 spiro atoms. The smallest absolute Gasteiger partial charge is 0.410 e. The third-order valence-electron chi connectivity index (χ3n) is 3.31. The van der Waals surface area contributed by atoms with Crippen LogP contribution in [0.1, 0.15) is 18.4 Å². The van der Waals surface area contributed by atoms with Crippen molar-refractivity contribution in [3.63, 3.8) is 0 Å². The van der Waals surface area contributed by atoms with Crippen LogP contribution in [0.2, 0.25) is 0 Å². The van der Waals surface area contributed by atoms with Gasteiger partial charge in [-0.1, -0.05) is 30.3 Å². The number of hydrogen-bond donors (Lipinski definition) is 1. The third-order valence-corrected chi connectivity index (χ3v) is 3.31. The molecule has 5 nitrogen and oxygen atoms in total. The first-order valence-electron chi connectivity index (χ1n) is 6.73. The Hall–Kier alpha value is -1.75. The van der Waals surface area contributed by atoms with Crippen LogP contribution in [0.4, 0.5) is 4.79 Å². The van der Waals surface area contributed by atoms with Crippen molar-refractivity contribution in [2.24, 2.45) is 5.92 Å². The highest BCUT2D eigenvalue weighted by molar-refractivity contribution is 6.15. The van der Waals surface area contributed by atoms with Crippen molar-refractivity contribution in [3.05, 3.63) is 35.9 Å². The molecule has 1 amide bonds. The lowest BCUT2D eigenvalue weighted by atomic mass is 9.97. The molecule has 1 aromatic rings. The lowest BCUT2D eigenvalue weighted by Gasteiger charge is -2.29. The van der Waals surface area contributed by atoms with Crippen LogP contribution in [-0.2, 0) is 16.1 Å². The zero-order valence-corrected chi connectivity index (χ0v) is 12.8. The number of amides is 1. The molecule has 0 atom stereocenters. The van der Waals surface area contributed by atoms with E-state index < -0.39 is 5.97 Å². The molecule has 0 aromatic heterocycles. The molecule has 1 saturated heterocycles. The number of aliphatic carboxylic acids is 1. The van der Waals surface area contributed by atoms with E-state index in [-0.39, 0.29) is 18.6 Å². The van der Waals surface area contributed by atoms with Gasteiger partial charge in [0.2, 0.25) is 0 Å². The fourth-order valence-electron chi connectivity index (χ4n) is 2.12. The van der Waals surface area contributed by atoms with Gasteiger partial charge in [0.25, 0.3) is 0 Å². The summed E-state index contributed by atoms with van der Waals surface area (Å²) in [5, 5.41) is 8.88. The minimum Gasteiger partial charge on any atom is -0.481 e. The number of ether oxygens (including phenoxy) is 1. The summed E-state index contributed by atoms with van der Waals surface area (Å²) in [5.74, 6) is -1.12. The highest BCUT2D eigenvalue weighted by Crippen LogP contribution is 2.18. The number of carbonyl (C=O) groups excluding carboxylic acids is 1.